The zero-order valence-electron chi connectivity index (χ0n) is 17.7. The van der Waals surface area contributed by atoms with Crippen molar-refractivity contribution in [3.8, 4) is 0 Å². The van der Waals surface area contributed by atoms with Crippen molar-refractivity contribution in [2.24, 2.45) is 57.3 Å². The summed E-state index contributed by atoms with van der Waals surface area (Å²) in [6.07, 6.45) is 5.64. The molecule has 0 radical (unpaired) electrons. The molecule has 7 rings (SSSR count). The van der Waals surface area contributed by atoms with Gasteiger partial charge < -0.3 is 9.47 Å². The third kappa shape index (κ3) is 2.24. The van der Waals surface area contributed by atoms with Gasteiger partial charge in [-0.1, -0.05) is 27.7 Å². The average Bonchev–Trinajstić information content (AvgIpc) is 3.41. The van der Waals surface area contributed by atoms with Crippen molar-refractivity contribution in [1.82, 2.24) is 0 Å². The molecule has 4 nitrogen and oxygen atoms in total. The largest absolute Gasteiger partial charge is 0.475 e. The number of hydrogen-bond acceptors (Lipinski definition) is 4. The summed E-state index contributed by atoms with van der Waals surface area (Å²) < 4.78 is 12.6. The minimum absolute atomic E-state index is 0.299. The van der Waals surface area contributed by atoms with Gasteiger partial charge in [0.15, 0.2) is 0 Å². The van der Waals surface area contributed by atoms with E-state index in [2.05, 4.69) is 27.7 Å². The van der Waals surface area contributed by atoms with Gasteiger partial charge in [-0.15, -0.1) is 0 Å². The molecule has 0 amide bonds. The van der Waals surface area contributed by atoms with Crippen LogP contribution in [0.2, 0.25) is 0 Å². The van der Waals surface area contributed by atoms with Gasteiger partial charge in [0.2, 0.25) is 11.8 Å². The Balaban J connectivity index is 1.50. The van der Waals surface area contributed by atoms with Crippen LogP contribution in [0, 0.1) is 47.3 Å². The van der Waals surface area contributed by atoms with Gasteiger partial charge in [0, 0.05) is 11.1 Å². The Morgan fingerprint density at radius 3 is 1.29 bits per heavy atom. The quantitative estimate of drug-likeness (QED) is 0.718. The van der Waals surface area contributed by atoms with Gasteiger partial charge in [-0.3, -0.25) is 0 Å². The van der Waals surface area contributed by atoms with Crippen LogP contribution in [0.3, 0.4) is 0 Å². The first-order chi connectivity index (χ1) is 13.5. The van der Waals surface area contributed by atoms with E-state index in [0.29, 0.717) is 35.8 Å². The maximum absolute atomic E-state index is 6.28. The molecule has 2 aliphatic heterocycles. The van der Waals surface area contributed by atoms with E-state index in [4.69, 9.17) is 19.5 Å². The van der Waals surface area contributed by atoms with Gasteiger partial charge >= 0.3 is 0 Å². The number of nitrogens with zero attached hydrogens (tertiary/aromatic N) is 2. The van der Waals surface area contributed by atoms with Crippen LogP contribution in [0.15, 0.2) is 21.1 Å². The molecule has 4 heteroatoms. The summed E-state index contributed by atoms with van der Waals surface area (Å²) in [5.41, 5.74) is 2.86. The molecule has 0 saturated heterocycles. The first kappa shape index (κ1) is 17.5. The lowest BCUT2D eigenvalue weighted by molar-refractivity contribution is 0.0970. The Hall–Kier alpha value is -1.32. The van der Waals surface area contributed by atoms with Gasteiger partial charge in [0.25, 0.3) is 0 Å². The molecule has 5 aliphatic carbocycles. The summed E-state index contributed by atoms with van der Waals surface area (Å²) in [7, 11) is 0. The van der Waals surface area contributed by atoms with Gasteiger partial charge in [0.05, 0.1) is 12.1 Å². The van der Waals surface area contributed by atoms with E-state index in [1.165, 1.54) is 36.8 Å². The number of aliphatic imine (C=N–C) groups is 2. The molecule has 6 atom stereocenters. The molecule has 7 aliphatic rings. The molecule has 0 spiro atoms. The molecule has 3 saturated carbocycles. The number of ether oxygens (including phenoxy) is 2. The molecule has 0 aromatic carbocycles. The summed E-state index contributed by atoms with van der Waals surface area (Å²) in [5, 5.41) is 0. The Bertz CT molecular complexity index is 695. The van der Waals surface area contributed by atoms with E-state index < -0.39 is 0 Å². The molecule has 28 heavy (non-hydrogen) atoms. The van der Waals surface area contributed by atoms with E-state index in [1.54, 1.807) is 0 Å². The normalized spacial score (nSPS) is 45.8. The second-order valence-corrected chi connectivity index (χ2v) is 10.8. The van der Waals surface area contributed by atoms with Crippen molar-refractivity contribution in [1.29, 1.82) is 0 Å². The Kier molecular flexibility index (Phi) is 3.81. The lowest BCUT2D eigenvalue weighted by Gasteiger charge is -2.49. The third-order valence-electron chi connectivity index (χ3n) is 8.92. The maximum Gasteiger partial charge on any atom is 0.213 e. The van der Waals surface area contributed by atoms with Gasteiger partial charge in [-0.2, -0.15) is 0 Å². The van der Waals surface area contributed by atoms with Crippen molar-refractivity contribution in [2.45, 2.75) is 65.5 Å². The molecule has 6 bridgehead atoms. The summed E-state index contributed by atoms with van der Waals surface area (Å²) in [4.78, 5) is 10.2. The van der Waals surface area contributed by atoms with Gasteiger partial charge in [0.1, 0.15) is 13.2 Å². The monoisotopic (exact) mass is 382 g/mol. The summed E-state index contributed by atoms with van der Waals surface area (Å²) in [6, 6.07) is 0.599. The Morgan fingerprint density at radius 1 is 0.643 bits per heavy atom. The van der Waals surface area contributed by atoms with E-state index in [0.717, 1.165) is 48.7 Å². The summed E-state index contributed by atoms with van der Waals surface area (Å²) >= 11 is 0. The molecule has 4 unspecified atom stereocenters. The Labute approximate surface area is 168 Å². The second-order valence-electron chi connectivity index (χ2n) is 10.8. The van der Waals surface area contributed by atoms with E-state index in [1.807, 2.05) is 0 Å². The van der Waals surface area contributed by atoms with E-state index in [9.17, 15) is 0 Å². The third-order valence-corrected chi connectivity index (χ3v) is 8.92. The highest BCUT2D eigenvalue weighted by molar-refractivity contribution is 6.07. The van der Waals surface area contributed by atoms with Crippen molar-refractivity contribution in [2.75, 3.05) is 13.2 Å². The summed E-state index contributed by atoms with van der Waals surface area (Å²) in [6.45, 7) is 10.5. The highest BCUT2D eigenvalue weighted by Gasteiger charge is 2.64. The van der Waals surface area contributed by atoms with Crippen molar-refractivity contribution < 1.29 is 9.47 Å². The van der Waals surface area contributed by atoms with Gasteiger partial charge in [-0.25, -0.2) is 9.98 Å². The first-order valence-corrected chi connectivity index (χ1v) is 11.7. The van der Waals surface area contributed by atoms with Crippen LogP contribution in [0.5, 0.6) is 0 Å². The molecule has 0 N–H and O–H groups in total. The molecular weight excluding hydrogens is 348 g/mol. The number of hydrogen-bond donors (Lipinski definition) is 0. The second kappa shape index (κ2) is 6.09. The zero-order valence-corrected chi connectivity index (χ0v) is 17.7. The van der Waals surface area contributed by atoms with Crippen LogP contribution in [0.25, 0.3) is 0 Å². The fourth-order valence-corrected chi connectivity index (χ4v) is 7.53. The van der Waals surface area contributed by atoms with Crippen molar-refractivity contribution >= 4 is 11.8 Å². The average molecular weight is 383 g/mol. The van der Waals surface area contributed by atoms with Gasteiger partial charge in [-0.05, 0) is 73.0 Å². The topological polar surface area (TPSA) is 43.2 Å². The fraction of sp³-hybridized carbons (Fsp3) is 0.833. The molecule has 0 aromatic heterocycles. The summed E-state index contributed by atoms with van der Waals surface area (Å²) in [5.74, 6) is 7.65. The van der Waals surface area contributed by atoms with E-state index >= 15 is 0 Å². The first-order valence-electron chi connectivity index (χ1n) is 11.7. The smallest absolute Gasteiger partial charge is 0.213 e. The predicted molar refractivity (Wildman–Crippen MR) is 110 cm³/mol. The minimum Gasteiger partial charge on any atom is -0.475 e. The Morgan fingerprint density at radius 2 is 1.00 bits per heavy atom. The highest BCUT2D eigenvalue weighted by atomic mass is 16.5. The lowest BCUT2D eigenvalue weighted by Crippen LogP contribution is -2.47. The molecular formula is C24H34N2O2. The molecule has 0 aromatic rings. The standard InChI is InChI=1S/C24H34N2O2/c1-11(2)17-9-27-23(25-17)21-19-13-5-6-14(19)16-8-7-15(13)20(16)22(21)24-26-18(10-28-24)12(3)4/h11-20H,5-10H2,1-4H3/t13?,14?,15?,16?,17-,18-,19?,20?/m1/s1. The predicted octanol–water partition coefficient (Wildman–Crippen LogP) is 4.50. The van der Waals surface area contributed by atoms with Crippen LogP contribution in [0.4, 0.5) is 0 Å². The van der Waals surface area contributed by atoms with Crippen LogP contribution < -0.4 is 0 Å². The maximum atomic E-state index is 6.28. The molecule has 3 fully saturated rings. The van der Waals surface area contributed by atoms with Crippen molar-refractivity contribution in [3.05, 3.63) is 11.1 Å². The molecule has 152 valence electrons. The minimum atomic E-state index is 0.299. The SMILES string of the molecule is CC(C)[C@H]1COC(C2=C(C3=N[C@@H](C(C)C)CO3)C3C4CCC3C3CCC4C23)=N1. The fourth-order valence-electron chi connectivity index (χ4n) is 7.53. The van der Waals surface area contributed by atoms with Crippen LogP contribution in [0.1, 0.15) is 53.4 Å². The number of rotatable bonds is 4. The van der Waals surface area contributed by atoms with Crippen LogP contribution in [-0.2, 0) is 9.47 Å². The van der Waals surface area contributed by atoms with E-state index in [-0.39, 0.29) is 0 Å². The molecule has 2 heterocycles. The van der Waals surface area contributed by atoms with Crippen molar-refractivity contribution in [3.63, 3.8) is 0 Å². The lowest BCUT2D eigenvalue weighted by atomic mass is 9.55. The highest BCUT2D eigenvalue weighted by Crippen LogP contribution is 2.69. The zero-order chi connectivity index (χ0) is 19.2. The van der Waals surface area contributed by atoms with Crippen LogP contribution >= 0.6 is 0 Å². The van der Waals surface area contributed by atoms with Crippen LogP contribution in [-0.4, -0.2) is 37.1 Å².